The van der Waals surface area contributed by atoms with Crippen LogP contribution in [0.25, 0.3) is 0 Å². The van der Waals surface area contributed by atoms with Gasteiger partial charge in [-0.25, -0.2) is 8.42 Å². The monoisotopic (exact) mass is 426 g/mol. The molecule has 4 rings (SSSR count). The Morgan fingerprint density at radius 2 is 1.50 bits per heavy atom. The van der Waals surface area contributed by atoms with E-state index >= 15 is 0 Å². The summed E-state index contributed by atoms with van der Waals surface area (Å²) in [7, 11) is -3.54. The van der Waals surface area contributed by atoms with E-state index < -0.39 is 10.0 Å². The Morgan fingerprint density at radius 3 is 2.17 bits per heavy atom. The van der Waals surface area contributed by atoms with Crippen LogP contribution in [0.15, 0.2) is 65.6 Å². The van der Waals surface area contributed by atoms with Gasteiger partial charge in [-0.3, -0.25) is 4.79 Å². The molecule has 2 aromatic carbocycles. The van der Waals surface area contributed by atoms with Gasteiger partial charge in [-0.1, -0.05) is 48.5 Å². The van der Waals surface area contributed by atoms with Crippen LogP contribution >= 0.6 is 0 Å². The second-order valence-electron chi connectivity index (χ2n) is 8.47. The van der Waals surface area contributed by atoms with E-state index in [0.29, 0.717) is 23.9 Å². The number of carbonyl (C=O) groups is 1. The van der Waals surface area contributed by atoms with Crippen molar-refractivity contribution in [3.8, 4) is 0 Å². The Labute approximate surface area is 179 Å². The molecule has 0 saturated carbocycles. The molecular weight excluding hydrogens is 396 g/mol. The Kier molecular flexibility index (Phi) is 6.54. The van der Waals surface area contributed by atoms with Crippen molar-refractivity contribution in [1.82, 2.24) is 9.21 Å². The fraction of sp³-hybridized carbons (Fsp3) is 0.458. The number of hydrogen-bond acceptors (Lipinski definition) is 3. The van der Waals surface area contributed by atoms with E-state index in [1.54, 1.807) is 24.3 Å². The van der Waals surface area contributed by atoms with Crippen LogP contribution in [0.5, 0.6) is 0 Å². The SMILES string of the molecule is O=C(C1CCCN(S(=O)(=O)c2ccccc2)C1)N1CCC(Cc2ccccc2)CC1. The molecule has 2 aromatic rings. The first-order valence-electron chi connectivity index (χ1n) is 10.9. The van der Waals surface area contributed by atoms with Crippen LogP contribution in [0, 0.1) is 11.8 Å². The maximum Gasteiger partial charge on any atom is 0.243 e. The maximum atomic E-state index is 13.1. The van der Waals surface area contributed by atoms with Crippen molar-refractivity contribution in [2.45, 2.75) is 37.0 Å². The van der Waals surface area contributed by atoms with Crippen molar-refractivity contribution < 1.29 is 13.2 Å². The van der Waals surface area contributed by atoms with Crippen LogP contribution < -0.4 is 0 Å². The first kappa shape index (κ1) is 21.1. The third-order valence-electron chi connectivity index (χ3n) is 6.41. The third kappa shape index (κ3) is 4.76. The number of likely N-dealkylation sites (tertiary alicyclic amines) is 1. The highest BCUT2D eigenvalue weighted by atomic mass is 32.2. The fourth-order valence-corrected chi connectivity index (χ4v) is 6.21. The van der Waals surface area contributed by atoms with Gasteiger partial charge in [-0.15, -0.1) is 0 Å². The highest BCUT2D eigenvalue weighted by Gasteiger charge is 2.35. The van der Waals surface area contributed by atoms with Crippen molar-refractivity contribution in [2.24, 2.45) is 11.8 Å². The molecule has 30 heavy (non-hydrogen) atoms. The number of amides is 1. The number of sulfonamides is 1. The van der Waals surface area contributed by atoms with Gasteiger partial charge in [-0.05, 0) is 55.7 Å². The van der Waals surface area contributed by atoms with Gasteiger partial charge in [0.1, 0.15) is 0 Å². The lowest BCUT2D eigenvalue weighted by atomic mass is 9.89. The lowest BCUT2D eigenvalue weighted by molar-refractivity contribution is -0.138. The average Bonchev–Trinajstić information content (AvgIpc) is 2.80. The molecule has 5 nitrogen and oxygen atoms in total. The van der Waals surface area contributed by atoms with Gasteiger partial charge in [-0.2, -0.15) is 4.31 Å². The number of carbonyl (C=O) groups excluding carboxylic acids is 1. The first-order chi connectivity index (χ1) is 14.5. The molecule has 6 heteroatoms. The molecule has 2 aliphatic rings. The zero-order valence-corrected chi connectivity index (χ0v) is 18.1. The van der Waals surface area contributed by atoms with E-state index in [1.165, 1.54) is 9.87 Å². The summed E-state index contributed by atoms with van der Waals surface area (Å²) in [6.07, 6.45) is 4.59. The number of rotatable bonds is 5. The van der Waals surface area contributed by atoms with E-state index in [-0.39, 0.29) is 11.8 Å². The average molecular weight is 427 g/mol. The van der Waals surface area contributed by atoms with Gasteiger partial charge in [0.05, 0.1) is 10.8 Å². The normalized spacial score (nSPS) is 21.5. The van der Waals surface area contributed by atoms with Gasteiger partial charge in [0.25, 0.3) is 0 Å². The second kappa shape index (κ2) is 9.31. The number of piperidine rings is 2. The van der Waals surface area contributed by atoms with Gasteiger partial charge in [0.2, 0.25) is 15.9 Å². The Hall–Kier alpha value is -2.18. The van der Waals surface area contributed by atoms with Gasteiger partial charge in [0.15, 0.2) is 0 Å². The summed E-state index contributed by atoms with van der Waals surface area (Å²) >= 11 is 0. The summed E-state index contributed by atoms with van der Waals surface area (Å²) in [6.45, 7) is 2.33. The maximum absolute atomic E-state index is 13.1. The van der Waals surface area contributed by atoms with Crippen LogP contribution in [-0.2, 0) is 21.2 Å². The van der Waals surface area contributed by atoms with Crippen LogP contribution in [0.2, 0.25) is 0 Å². The predicted octanol–water partition coefficient (Wildman–Crippen LogP) is 3.57. The van der Waals surface area contributed by atoms with Crippen molar-refractivity contribution in [3.05, 3.63) is 66.2 Å². The van der Waals surface area contributed by atoms with E-state index in [9.17, 15) is 13.2 Å². The molecule has 0 aromatic heterocycles. The minimum Gasteiger partial charge on any atom is -0.342 e. The van der Waals surface area contributed by atoms with Gasteiger partial charge < -0.3 is 4.90 Å². The zero-order valence-electron chi connectivity index (χ0n) is 17.3. The predicted molar refractivity (Wildman–Crippen MR) is 117 cm³/mol. The summed E-state index contributed by atoms with van der Waals surface area (Å²) in [5.74, 6) is 0.502. The zero-order chi connectivity index (χ0) is 21.0. The molecule has 2 aliphatic heterocycles. The molecule has 0 aliphatic carbocycles. The largest absolute Gasteiger partial charge is 0.342 e. The van der Waals surface area contributed by atoms with E-state index in [2.05, 4.69) is 24.3 Å². The summed E-state index contributed by atoms with van der Waals surface area (Å²) < 4.78 is 27.4. The van der Waals surface area contributed by atoms with Crippen LogP contribution in [-0.4, -0.2) is 49.7 Å². The highest BCUT2D eigenvalue weighted by molar-refractivity contribution is 7.89. The molecule has 0 bridgehead atoms. The number of benzene rings is 2. The Balaban J connectivity index is 1.34. The topological polar surface area (TPSA) is 57.7 Å². The van der Waals surface area contributed by atoms with Crippen molar-refractivity contribution in [2.75, 3.05) is 26.2 Å². The number of hydrogen-bond donors (Lipinski definition) is 0. The molecule has 2 fully saturated rings. The quantitative estimate of drug-likeness (QED) is 0.734. The number of nitrogens with zero attached hydrogens (tertiary/aromatic N) is 2. The molecule has 0 N–H and O–H groups in total. The smallest absolute Gasteiger partial charge is 0.243 e. The molecule has 1 unspecified atom stereocenters. The minimum absolute atomic E-state index is 0.126. The summed E-state index contributed by atoms with van der Waals surface area (Å²) in [6, 6.07) is 19.1. The minimum atomic E-state index is -3.54. The summed E-state index contributed by atoms with van der Waals surface area (Å²) in [4.78, 5) is 15.4. The molecule has 0 spiro atoms. The van der Waals surface area contributed by atoms with Gasteiger partial charge in [0, 0.05) is 26.2 Å². The van der Waals surface area contributed by atoms with Crippen LogP contribution in [0.1, 0.15) is 31.2 Å². The lowest BCUT2D eigenvalue weighted by Crippen LogP contribution is -2.48. The standard InChI is InChI=1S/C24H30N2O3S/c27-24(25-16-13-21(14-17-25)18-20-8-3-1-4-9-20)22-10-7-15-26(19-22)30(28,29)23-11-5-2-6-12-23/h1-6,8-9,11-12,21-22H,7,10,13-19H2. The van der Waals surface area contributed by atoms with E-state index in [1.807, 2.05) is 17.0 Å². The molecule has 2 heterocycles. The van der Waals surface area contributed by atoms with Gasteiger partial charge >= 0.3 is 0 Å². The fourth-order valence-electron chi connectivity index (χ4n) is 4.67. The molecule has 0 radical (unpaired) electrons. The van der Waals surface area contributed by atoms with E-state index in [0.717, 1.165) is 45.2 Å². The molecule has 2 saturated heterocycles. The third-order valence-corrected chi connectivity index (χ3v) is 8.29. The molecule has 1 atom stereocenters. The lowest BCUT2D eigenvalue weighted by Gasteiger charge is -2.37. The molecule has 160 valence electrons. The van der Waals surface area contributed by atoms with Crippen LogP contribution in [0.4, 0.5) is 0 Å². The summed E-state index contributed by atoms with van der Waals surface area (Å²) in [5.41, 5.74) is 1.36. The van der Waals surface area contributed by atoms with Crippen molar-refractivity contribution in [1.29, 1.82) is 0 Å². The van der Waals surface area contributed by atoms with Crippen LogP contribution in [0.3, 0.4) is 0 Å². The second-order valence-corrected chi connectivity index (χ2v) is 10.4. The van der Waals surface area contributed by atoms with Crippen molar-refractivity contribution in [3.63, 3.8) is 0 Å². The van der Waals surface area contributed by atoms with E-state index in [4.69, 9.17) is 0 Å². The summed E-state index contributed by atoms with van der Waals surface area (Å²) in [5, 5.41) is 0. The molecule has 1 amide bonds. The Morgan fingerprint density at radius 1 is 0.867 bits per heavy atom. The highest BCUT2D eigenvalue weighted by Crippen LogP contribution is 2.27. The Bertz CT molecular complexity index is 939. The first-order valence-corrected chi connectivity index (χ1v) is 12.4. The molecular formula is C24H30N2O3S. The van der Waals surface area contributed by atoms with Crippen molar-refractivity contribution >= 4 is 15.9 Å².